The third-order valence-corrected chi connectivity index (χ3v) is 3.94. The van der Waals surface area contributed by atoms with Gasteiger partial charge in [0.15, 0.2) is 0 Å². The summed E-state index contributed by atoms with van der Waals surface area (Å²) < 4.78 is 48.0. The zero-order valence-corrected chi connectivity index (χ0v) is 15.6. The molecule has 0 heterocycles. The molecule has 0 aliphatic rings. The second-order valence-electron chi connectivity index (χ2n) is 6.03. The summed E-state index contributed by atoms with van der Waals surface area (Å²) >= 11 is 0. The number of nitrogens with zero attached hydrogens (tertiary/aromatic N) is 1. The number of hydrogen-bond acceptors (Lipinski definition) is 4. The fourth-order valence-electron chi connectivity index (χ4n) is 2.53. The van der Waals surface area contributed by atoms with Gasteiger partial charge >= 0.3 is 6.61 Å². The van der Waals surface area contributed by atoms with Gasteiger partial charge in [-0.1, -0.05) is 36.4 Å². The molecule has 0 spiro atoms. The van der Waals surface area contributed by atoms with E-state index in [2.05, 4.69) is 15.3 Å². The van der Waals surface area contributed by atoms with E-state index >= 15 is 0 Å². The van der Waals surface area contributed by atoms with Gasteiger partial charge in [-0.05, 0) is 42.0 Å². The highest BCUT2D eigenvalue weighted by molar-refractivity contribution is 5.97. The first-order chi connectivity index (χ1) is 14.5. The third-order valence-electron chi connectivity index (χ3n) is 3.94. The lowest BCUT2D eigenvalue weighted by atomic mass is 10.2. The molecule has 3 aromatic rings. The lowest BCUT2D eigenvalue weighted by Crippen LogP contribution is -2.18. The minimum Gasteiger partial charge on any atom is -0.488 e. The van der Waals surface area contributed by atoms with E-state index in [4.69, 9.17) is 4.74 Å². The Kier molecular flexibility index (Phi) is 7.05. The molecule has 0 radical (unpaired) electrons. The summed E-state index contributed by atoms with van der Waals surface area (Å²) in [6, 6.07) is 18.4. The number of nitrogens with one attached hydrogen (secondary N) is 1. The van der Waals surface area contributed by atoms with Gasteiger partial charge in [-0.15, -0.1) is 0 Å². The average Bonchev–Trinajstić information content (AvgIpc) is 2.74. The minimum absolute atomic E-state index is 0.0615. The molecule has 0 unspecified atom stereocenters. The Hall–Kier alpha value is -3.81. The van der Waals surface area contributed by atoms with Crippen LogP contribution in [-0.2, 0) is 6.61 Å². The second kappa shape index (κ2) is 10.1. The maximum atomic E-state index is 13.0. The van der Waals surface area contributed by atoms with Crippen molar-refractivity contribution in [1.82, 2.24) is 5.43 Å². The van der Waals surface area contributed by atoms with Crippen LogP contribution in [0, 0.1) is 5.82 Å². The molecule has 3 rings (SSSR count). The first kappa shape index (κ1) is 20.9. The predicted octanol–water partition coefficient (Wildman–Crippen LogP) is 4.77. The molecule has 0 atom stereocenters. The van der Waals surface area contributed by atoms with E-state index in [-0.39, 0.29) is 29.3 Å². The van der Waals surface area contributed by atoms with Gasteiger partial charge in [0.1, 0.15) is 23.9 Å². The third kappa shape index (κ3) is 5.84. The topological polar surface area (TPSA) is 59.9 Å². The zero-order valence-electron chi connectivity index (χ0n) is 15.6. The first-order valence-corrected chi connectivity index (χ1v) is 8.86. The summed E-state index contributed by atoms with van der Waals surface area (Å²) in [4.78, 5) is 12.5. The van der Waals surface area contributed by atoms with E-state index in [0.29, 0.717) is 5.75 Å². The highest BCUT2D eigenvalue weighted by Gasteiger charge is 2.12. The summed E-state index contributed by atoms with van der Waals surface area (Å²) in [6.07, 6.45) is 1.21. The fourth-order valence-corrected chi connectivity index (χ4v) is 2.53. The molecule has 154 valence electrons. The summed E-state index contributed by atoms with van der Waals surface area (Å²) in [5, 5.41) is 3.81. The van der Waals surface area contributed by atoms with Crippen LogP contribution >= 0.6 is 0 Å². The molecule has 0 saturated carbocycles. The molecule has 0 aliphatic carbocycles. The van der Waals surface area contributed by atoms with Crippen molar-refractivity contribution in [3.8, 4) is 11.5 Å². The van der Waals surface area contributed by atoms with Gasteiger partial charge in [0.25, 0.3) is 5.91 Å². The Morgan fingerprint density at radius 1 is 0.967 bits per heavy atom. The van der Waals surface area contributed by atoms with Gasteiger partial charge in [0, 0.05) is 5.56 Å². The molecule has 0 saturated heterocycles. The molecular formula is C22H17F3N2O3. The van der Waals surface area contributed by atoms with Gasteiger partial charge in [-0.3, -0.25) is 4.79 Å². The number of ether oxygens (including phenoxy) is 2. The Morgan fingerprint density at radius 2 is 1.63 bits per heavy atom. The van der Waals surface area contributed by atoms with Gasteiger partial charge in [-0.25, -0.2) is 9.82 Å². The highest BCUT2D eigenvalue weighted by Crippen LogP contribution is 2.20. The summed E-state index contributed by atoms with van der Waals surface area (Å²) in [5.41, 5.74) is 3.58. The van der Waals surface area contributed by atoms with Crippen molar-refractivity contribution in [2.45, 2.75) is 13.2 Å². The summed E-state index contributed by atoms with van der Waals surface area (Å²) in [7, 11) is 0. The summed E-state index contributed by atoms with van der Waals surface area (Å²) in [6.45, 7) is -2.83. The van der Waals surface area contributed by atoms with Crippen LogP contribution in [-0.4, -0.2) is 18.7 Å². The highest BCUT2D eigenvalue weighted by atomic mass is 19.3. The predicted molar refractivity (Wildman–Crippen MR) is 105 cm³/mol. The van der Waals surface area contributed by atoms with E-state index in [9.17, 15) is 18.0 Å². The normalized spacial score (nSPS) is 10.9. The number of hydrazone groups is 1. The molecule has 0 aromatic heterocycles. The van der Waals surface area contributed by atoms with Crippen molar-refractivity contribution in [1.29, 1.82) is 0 Å². The van der Waals surface area contributed by atoms with Crippen molar-refractivity contribution in [2.24, 2.45) is 5.10 Å². The lowest BCUT2D eigenvalue weighted by Gasteiger charge is -2.10. The zero-order chi connectivity index (χ0) is 21.3. The minimum atomic E-state index is -2.97. The maximum Gasteiger partial charge on any atom is 0.387 e. The van der Waals surface area contributed by atoms with Crippen molar-refractivity contribution < 1.29 is 27.4 Å². The first-order valence-electron chi connectivity index (χ1n) is 8.86. The molecule has 0 fully saturated rings. The Morgan fingerprint density at radius 3 is 2.37 bits per heavy atom. The molecule has 0 aliphatic heterocycles. The lowest BCUT2D eigenvalue weighted by molar-refractivity contribution is -0.0499. The Balaban J connectivity index is 1.66. The van der Waals surface area contributed by atoms with Crippen LogP contribution in [0.3, 0.4) is 0 Å². The smallest absolute Gasteiger partial charge is 0.387 e. The number of halogens is 3. The monoisotopic (exact) mass is 414 g/mol. The van der Waals surface area contributed by atoms with Crippen LogP contribution in [0.5, 0.6) is 11.5 Å². The van der Waals surface area contributed by atoms with Crippen LogP contribution < -0.4 is 14.9 Å². The maximum absolute atomic E-state index is 13.0. The van der Waals surface area contributed by atoms with Gasteiger partial charge in [-0.2, -0.15) is 13.9 Å². The van der Waals surface area contributed by atoms with Crippen molar-refractivity contribution in [2.75, 3.05) is 0 Å². The van der Waals surface area contributed by atoms with Gasteiger partial charge in [0.2, 0.25) is 0 Å². The van der Waals surface area contributed by atoms with Crippen LogP contribution in [0.25, 0.3) is 0 Å². The molecular weight excluding hydrogens is 397 g/mol. The number of rotatable bonds is 8. The molecule has 1 amide bonds. The number of benzene rings is 3. The average molecular weight is 414 g/mol. The SMILES string of the molecule is O=C(N/N=C/c1ccccc1OC(F)F)c1ccccc1OCc1ccc(F)cc1. The van der Waals surface area contributed by atoms with Crippen LogP contribution in [0.4, 0.5) is 13.2 Å². The largest absolute Gasteiger partial charge is 0.488 e. The Bertz CT molecular complexity index is 1020. The molecule has 0 bridgehead atoms. The number of hydrogen-bond donors (Lipinski definition) is 1. The Labute approximate surface area is 170 Å². The van der Waals surface area contributed by atoms with Crippen LogP contribution in [0.2, 0.25) is 0 Å². The molecule has 30 heavy (non-hydrogen) atoms. The van der Waals surface area contributed by atoms with Crippen LogP contribution in [0.15, 0.2) is 77.9 Å². The van der Waals surface area contributed by atoms with E-state index < -0.39 is 12.5 Å². The van der Waals surface area contributed by atoms with Crippen molar-refractivity contribution in [3.05, 3.63) is 95.3 Å². The molecule has 8 heteroatoms. The quantitative estimate of drug-likeness (QED) is 0.427. The number of carbonyl (C=O) groups excluding carboxylic acids is 1. The molecule has 3 aromatic carbocycles. The van der Waals surface area contributed by atoms with E-state index in [1.165, 1.54) is 30.5 Å². The van der Waals surface area contributed by atoms with Gasteiger partial charge in [0.05, 0.1) is 11.8 Å². The summed E-state index contributed by atoms with van der Waals surface area (Å²) in [5.74, 6) is -0.644. The van der Waals surface area contributed by atoms with Crippen molar-refractivity contribution in [3.63, 3.8) is 0 Å². The van der Waals surface area contributed by atoms with E-state index in [1.54, 1.807) is 48.5 Å². The fraction of sp³-hybridized carbons (Fsp3) is 0.0909. The van der Waals surface area contributed by atoms with Gasteiger partial charge < -0.3 is 9.47 Å². The number of carbonyl (C=O) groups is 1. The van der Waals surface area contributed by atoms with Crippen LogP contribution in [0.1, 0.15) is 21.5 Å². The number of amides is 1. The molecule has 5 nitrogen and oxygen atoms in total. The second-order valence-corrected chi connectivity index (χ2v) is 6.03. The standard InChI is InChI=1S/C22H17F3N2O3/c23-17-11-9-15(10-12-17)14-29-20-8-4-2-6-18(20)21(28)27-26-13-16-5-1-3-7-19(16)30-22(24)25/h1-13,22H,14H2,(H,27,28)/b26-13+. The van der Waals surface area contributed by atoms with E-state index in [1.807, 2.05) is 0 Å². The number of alkyl halides is 2. The number of para-hydroxylation sites is 2. The van der Waals surface area contributed by atoms with E-state index in [0.717, 1.165) is 5.56 Å². The molecule has 1 N–H and O–H groups in total. The van der Waals surface area contributed by atoms with Crippen molar-refractivity contribution >= 4 is 12.1 Å².